The van der Waals surface area contributed by atoms with Crippen molar-refractivity contribution >= 4 is 23.2 Å². The molecule has 0 aliphatic carbocycles. The molecule has 0 saturated carbocycles. The summed E-state index contributed by atoms with van der Waals surface area (Å²) in [7, 11) is 0. The average Bonchev–Trinajstić information content (AvgIpc) is 2.23. The minimum absolute atomic E-state index is 0.319. The molecule has 0 aliphatic heterocycles. The number of pyridine rings is 2. The first kappa shape index (κ1) is 9.44. The number of nitrogens with zero attached hydrogens (tertiary/aromatic N) is 2. The Morgan fingerprint density at radius 3 is 2.57 bits per heavy atom. The molecular weight excluding hydrogens is 219 g/mol. The van der Waals surface area contributed by atoms with E-state index in [0.29, 0.717) is 10.2 Å². The highest BCUT2D eigenvalue weighted by Crippen LogP contribution is 2.25. The molecule has 0 fully saturated rings. The molecule has 2 heterocycles. The topological polar surface area (TPSA) is 25.8 Å². The molecule has 70 valence electrons. The van der Waals surface area contributed by atoms with E-state index in [2.05, 4.69) is 9.97 Å². The molecule has 0 aromatic carbocycles. The van der Waals surface area contributed by atoms with Crippen molar-refractivity contribution in [2.45, 2.75) is 0 Å². The van der Waals surface area contributed by atoms with Gasteiger partial charge in [-0.05, 0) is 12.1 Å². The van der Waals surface area contributed by atoms with E-state index in [0.717, 1.165) is 11.1 Å². The van der Waals surface area contributed by atoms with Crippen LogP contribution in [-0.4, -0.2) is 9.97 Å². The zero-order valence-electron chi connectivity index (χ0n) is 7.11. The van der Waals surface area contributed by atoms with Crippen LogP contribution in [0.2, 0.25) is 10.2 Å². The molecule has 2 aromatic heterocycles. The van der Waals surface area contributed by atoms with Crippen LogP contribution in [-0.2, 0) is 0 Å². The summed E-state index contributed by atoms with van der Waals surface area (Å²) in [5.74, 6) is 0. The van der Waals surface area contributed by atoms with E-state index < -0.39 is 0 Å². The lowest BCUT2D eigenvalue weighted by Crippen LogP contribution is -1.82. The molecular formula is C10H6Cl2N2. The van der Waals surface area contributed by atoms with Crippen molar-refractivity contribution in [3.8, 4) is 11.1 Å². The van der Waals surface area contributed by atoms with Crippen LogP contribution < -0.4 is 0 Å². The second-order valence-electron chi connectivity index (χ2n) is 2.74. The molecule has 0 N–H and O–H groups in total. The van der Waals surface area contributed by atoms with Crippen molar-refractivity contribution in [3.63, 3.8) is 0 Å². The molecule has 0 aliphatic rings. The number of hydrogen-bond donors (Lipinski definition) is 0. The Morgan fingerprint density at radius 1 is 1.07 bits per heavy atom. The molecule has 2 aromatic rings. The lowest BCUT2D eigenvalue weighted by molar-refractivity contribution is 1.30. The first-order valence-corrected chi connectivity index (χ1v) is 4.74. The van der Waals surface area contributed by atoms with Gasteiger partial charge >= 0.3 is 0 Å². The third kappa shape index (κ3) is 1.86. The minimum atomic E-state index is 0.319. The lowest BCUT2D eigenvalue weighted by atomic mass is 10.1. The van der Waals surface area contributed by atoms with Crippen LogP contribution in [0.4, 0.5) is 0 Å². The van der Waals surface area contributed by atoms with Crippen LogP contribution in [0, 0.1) is 0 Å². The van der Waals surface area contributed by atoms with E-state index in [1.807, 2.05) is 12.1 Å². The Morgan fingerprint density at radius 2 is 1.93 bits per heavy atom. The van der Waals surface area contributed by atoms with Crippen LogP contribution in [0.1, 0.15) is 0 Å². The van der Waals surface area contributed by atoms with E-state index in [9.17, 15) is 0 Å². The van der Waals surface area contributed by atoms with Gasteiger partial charge in [-0.2, -0.15) is 0 Å². The highest BCUT2D eigenvalue weighted by molar-refractivity contribution is 6.41. The normalized spacial score (nSPS) is 10.1. The highest BCUT2D eigenvalue weighted by atomic mass is 35.5. The molecule has 4 heteroatoms. The molecule has 2 nitrogen and oxygen atoms in total. The van der Waals surface area contributed by atoms with Crippen molar-refractivity contribution in [2.24, 2.45) is 0 Å². The summed E-state index contributed by atoms with van der Waals surface area (Å²) in [6, 6.07) is 5.57. The van der Waals surface area contributed by atoms with Crippen molar-refractivity contribution in [1.29, 1.82) is 0 Å². The summed E-state index contributed by atoms with van der Waals surface area (Å²) in [6.07, 6.45) is 5.14. The average molecular weight is 225 g/mol. The molecule has 0 atom stereocenters. The van der Waals surface area contributed by atoms with Gasteiger partial charge in [-0.1, -0.05) is 29.3 Å². The first-order chi connectivity index (χ1) is 6.77. The summed E-state index contributed by atoms with van der Waals surface area (Å²) in [5, 5.41) is 0.771. The Balaban J connectivity index is 2.48. The maximum atomic E-state index is 5.85. The Hall–Kier alpha value is -1.12. The van der Waals surface area contributed by atoms with E-state index in [-0.39, 0.29) is 0 Å². The van der Waals surface area contributed by atoms with Gasteiger partial charge in [0, 0.05) is 29.7 Å². The van der Waals surface area contributed by atoms with Gasteiger partial charge in [-0.3, -0.25) is 4.98 Å². The largest absolute Gasteiger partial charge is 0.264 e. The molecule has 0 bridgehead atoms. The predicted octanol–water partition coefficient (Wildman–Crippen LogP) is 3.45. The summed E-state index contributed by atoms with van der Waals surface area (Å²) in [4.78, 5) is 7.97. The van der Waals surface area contributed by atoms with Gasteiger partial charge in [-0.25, -0.2) is 4.98 Å². The van der Waals surface area contributed by atoms with Crippen molar-refractivity contribution in [3.05, 3.63) is 47.0 Å². The first-order valence-electron chi connectivity index (χ1n) is 3.99. The van der Waals surface area contributed by atoms with Gasteiger partial charge in [0.05, 0.1) is 5.02 Å². The fourth-order valence-electron chi connectivity index (χ4n) is 1.11. The van der Waals surface area contributed by atoms with Gasteiger partial charge in [-0.15, -0.1) is 0 Å². The van der Waals surface area contributed by atoms with Gasteiger partial charge < -0.3 is 0 Å². The Kier molecular flexibility index (Phi) is 2.66. The quantitative estimate of drug-likeness (QED) is 0.694. The fourth-order valence-corrected chi connectivity index (χ4v) is 1.38. The predicted molar refractivity (Wildman–Crippen MR) is 57.5 cm³/mol. The van der Waals surface area contributed by atoms with Gasteiger partial charge in [0.2, 0.25) is 0 Å². The van der Waals surface area contributed by atoms with Gasteiger partial charge in [0.1, 0.15) is 5.15 Å². The summed E-state index contributed by atoms with van der Waals surface area (Å²) < 4.78 is 0. The van der Waals surface area contributed by atoms with E-state index in [1.165, 1.54) is 0 Å². The fraction of sp³-hybridized carbons (Fsp3) is 0. The Bertz CT molecular complexity index is 443. The molecule has 0 radical (unpaired) electrons. The van der Waals surface area contributed by atoms with Gasteiger partial charge in [0.15, 0.2) is 0 Å². The van der Waals surface area contributed by atoms with E-state index in [1.54, 1.807) is 24.7 Å². The smallest absolute Gasteiger partial charge is 0.147 e. The van der Waals surface area contributed by atoms with Crippen LogP contribution in [0.5, 0.6) is 0 Å². The van der Waals surface area contributed by atoms with Crippen LogP contribution in [0.15, 0.2) is 36.8 Å². The number of hydrogen-bond acceptors (Lipinski definition) is 2. The van der Waals surface area contributed by atoms with Crippen LogP contribution in [0.25, 0.3) is 11.1 Å². The summed E-state index contributed by atoms with van der Waals surface area (Å²) in [6.45, 7) is 0. The zero-order chi connectivity index (χ0) is 9.97. The van der Waals surface area contributed by atoms with Crippen LogP contribution in [0.3, 0.4) is 0 Å². The minimum Gasteiger partial charge on any atom is -0.264 e. The lowest BCUT2D eigenvalue weighted by Gasteiger charge is -2.01. The van der Waals surface area contributed by atoms with Crippen molar-refractivity contribution in [1.82, 2.24) is 9.97 Å². The van der Waals surface area contributed by atoms with E-state index in [4.69, 9.17) is 23.2 Å². The number of rotatable bonds is 1. The van der Waals surface area contributed by atoms with Crippen molar-refractivity contribution in [2.75, 3.05) is 0 Å². The second-order valence-corrected chi connectivity index (χ2v) is 3.50. The SMILES string of the molecule is Clc1cc(-c2cccnc2)cnc1Cl. The number of halogens is 2. The molecule has 0 amide bonds. The zero-order valence-corrected chi connectivity index (χ0v) is 8.63. The molecule has 0 saturated heterocycles. The monoisotopic (exact) mass is 224 g/mol. The maximum Gasteiger partial charge on any atom is 0.147 e. The van der Waals surface area contributed by atoms with Gasteiger partial charge in [0.25, 0.3) is 0 Å². The Labute approximate surface area is 91.5 Å². The second kappa shape index (κ2) is 3.95. The molecule has 0 spiro atoms. The third-order valence-corrected chi connectivity index (χ3v) is 2.48. The third-order valence-electron chi connectivity index (χ3n) is 1.79. The van der Waals surface area contributed by atoms with E-state index >= 15 is 0 Å². The summed E-state index contributed by atoms with van der Waals surface area (Å²) in [5.41, 5.74) is 1.88. The molecule has 2 rings (SSSR count). The molecule has 0 unspecified atom stereocenters. The number of aromatic nitrogens is 2. The summed E-state index contributed by atoms with van der Waals surface area (Å²) >= 11 is 11.6. The standard InChI is InChI=1S/C10H6Cl2N2/c11-9-4-8(6-14-10(9)12)7-2-1-3-13-5-7/h1-6H. The maximum absolute atomic E-state index is 5.85. The van der Waals surface area contributed by atoms with Crippen LogP contribution >= 0.6 is 23.2 Å². The highest BCUT2D eigenvalue weighted by Gasteiger charge is 2.02. The molecule has 14 heavy (non-hydrogen) atoms. The van der Waals surface area contributed by atoms with Crippen molar-refractivity contribution < 1.29 is 0 Å².